The quantitative estimate of drug-likeness (QED) is 0.934. The molecule has 0 fully saturated rings. The third-order valence-corrected chi connectivity index (χ3v) is 3.20. The highest BCUT2D eigenvalue weighted by atomic mass is 79.9. The van der Waals surface area contributed by atoms with Crippen molar-refractivity contribution in [1.82, 2.24) is 10.3 Å². The number of hydrogen-bond donors (Lipinski definition) is 1. The first-order valence-corrected chi connectivity index (χ1v) is 5.84. The highest BCUT2D eigenvalue weighted by molar-refractivity contribution is 9.10. The SMILES string of the molecule is CNC(c1cscn1)c1occc1Br. The Morgan fingerprint density at radius 2 is 2.50 bits per heavy atom. The molecular weight excluding hydrogens is 264 g/mol. The topological polar surface area (TPSA) is 38.1 Å². The first-order valence-electron chi connectivity index (χ1n) is 4.11. The molecule has 0 bridgehead atoms. The number of aromatic nitrogens is 1. The first kappa shape index (κ1) is 9.89. The number of halogens is 1. The van der Waals surface area contributed by atoms with Gasteiger partial charge in [0.25, 0.3) is 0 Å². The molecule has 0 saturated heterocycles. The highest BCUT2D eigenvalue weighted by Crippen LogP contribution is 2.28. The lowest BCUT2D eigenvalue weighted by Gasteiger charge is -2.11. The van der Waals surface area contributed by atoms with Gasteiger partial charge in [-0.05, 0) is 29.0 Å². The van der Waals surface area contributed by atoms with Crippen molar-refractivity contribution in [3.05, 3.63) is 39.1 Å². The second-order valence-electron chi connectivity index (χ2n) is 2.77. The molecule has 1 N–H and O–H groups in total. The number of nitrogens with zero attached hydrogens (tertiary/aromatic N) is 1. The van der Waals surface area contributed by atoms with E-state index in [1.54, 1.807) is 17.6 Å². The van der Waals surface area contributed by atoms with Crippen molar-refractivity contribution < 1.29 is 4.42 Å². The van der Waals surface area contributed by atoms with Gasteiger partial charge in [0.2, 0.25) is 0 Å². The Hall–Kier alpha value is -0.650. The van der Waals surface area contributed by atoms with Gasteiger partial charge in [-0.25, -0.2) is 4.98 Å². The lowest BCUT2D eigenvalue weighted by atomic mass is 10.2. The van der Waals surface area contributed by atoms with Crippen LogP contribution in [0.2, 0.25) is 0 Å². The van der Waals surface area contributed by atoms with E-state index < -0.39 is 0 Å². The summed E-state index contributed by atoms with van der Waals surface area (Å²) in [6.45, 7) is 0. The predicted octanol–water partition coefficient (Wildman–Crippen LogP) is 2.81. The molecule has 0 saturated carbocycles. The Morgan fingerprint density at radius 1 is 1.64 bits per heavy atom. The van der Waals surface area contributed by atoms with E-state index in [9.17, 15) is 0 Å². The van der Waals surface area contributed by atoms with Gasteiger partial charge in [-0.3, -0.25) is 0 Å². The minimum absolute atomic E-state index is 0.0191. The van der Waals surface area contributed by atoms with Crippen molar-refractivity contribution in [1.29, 1.82) is 0 Å². The monoisotopic (exact) mass is 272 g/mol. The molecule has 2 heterocycles. The van der Waals surface area contributed by atoms with E-state index in [4.69, 9.17) is 4.42 Å². The van der Waals surface area contributed by atoms with E-state index >= 15 is 0 Å². The van der Waals surface area contributed by atoms with Crippen LogP contribution in [-0.2, 0) is 0 Å². The predicted molar refractivity (Wildman–Crippen MR) is 59.4 cm³/mol. The molecule has 2 aromatic rings. The summed E-state index contributed by atoms with van der Waals surface area (Å²) in [4.78, 5) is 4.26. The summed E-state index contributed by atoms with van der Waals surface area (Å²) in [5.41, 5.74) is 2.80. The van der Waals surface area contributed by atoms with Crippen LogP contribution in [0.25, 0.3) is 0 Å². The van der Waals surface area contributed by atoms with Gasteiger partial charge in [-0.1, -0.05) is 0 Å². The average Bonchev–Trinajstić information content (AvgIpc) is 2.80. The van der Waals surface area contributed by atoms with E-state index in [1.165, 1.54) is 0 Å². The molecule has 14 heavy (non-hydrogen) atoms. The summed E-state index contributed by atoms with van der Waals surface area (Å²) < 4.78 is 6.36. The van der Waals surface area contributed by atoms with Gasteiger partial charge in [0.05, 0.1) is 21.9 Å². The molecule has 0 radical (unpaired) electrons. The fraction of sp³-hybridized carbons (Fsp3) is 0.222. The molecule has 0 aliphatic carbocycles. The number of nitrogens with one attached hydrogen (secondary N) is 1. The fourth-order valence-corrected chi connectivity index (χ4v) is 2.30. The van der Waals surface area contributed by atoms with Gasteiger partial charge >= 0.3 is 0 Å². The van der Waals surface area contributed by atoms with E-state index in [-0.39, 0.29) is 6.04 Å². The van der Waals surface area contributed by atoms with Crippen LogP contribution in [0, 0.1) is 0 Å². The molecule has 0 aliphatic rings. The molecule has 5 heteroatoms. The molecule has 0 amide bonds. The highest BCUT2D eigenvalue weighted by Gasteiger charge is 2.19. The van der Waals surface area contributed by atoms with Gasteiger partial charge in [0.15, 0.2) is 0 Å². The van der Waals surface area contributed by atoms with Crippen LogP contribution >= 0.6 is 27.3 Å². The van der Waals surface area contributed by atoms with Gasteiger partial charge < -0.3 is 9.73 Å². The van der Waals surface area contributed by atoms with Gasteiger partial charge in [0, 0.05) is 5.38 Å². The van der Waals surface area contributed by atoms with Crippen molar-refractivity contribution in [2.75, 3.05) is 7.05 Å². The third kappa shape index (κ3) is 1.75. The van der Waals surface area contributed by atoms with Crippen LogP contribution in [0.5, 0.6) is 0 Å². The van der Waals surface area contributed by atoms with Crippen molar-refractivity contribution in [2.24, 2.45) is 0 Å². The van der Waals surface area contributed by atoms with E-state index in [0.29, 0.717) is 0 Å². The maximum absolute atomic E-state index is 5.40. The van der Waals surface area contributed by atoms with Crippen molar-refractivity contribution in [2.45, 2.75) is 6.04 Å². The number of hydrogen-bond acceptors (Lipinski definition) is 4. The zero-order valence-corrected chi connectivity index (χ0v) is 9.93. The summed E-state index contributed by atoms with van der Waals surface area (Å²) in [7, 11) is 1.89. The molecular formula is C9H9BrN2OS. The smallest absolute Gasteiger partial charge is 0.140 e. The molecule has 2 aromatic heterocycles. The molecule has 0 aromatic carbocycles. The van der Waals surface area contributed by atoms with E-state index in [2.05, 4.69) is 26.2 Å². The Labute approximate surface area is 94.3 Å². The van der Waals surface area contributed by atoms with Crippen molar-refractivity contribution in [3.63, 3.8) is 0 Å². The van der Waals surface area contributed by atoms with Gasteiger partial charge in [0.1, 0.15) is 11.8 Å². The molecule has 1 unspecified atom stereocenters. The Kier molecular flexibility index (Phi) is 3.00. The second kappa shape index (κ2) is 4.25. The van der Waals surface area contributed by atoms with Gasteiger partial charge in [-0.2, -0.15) is 0 Å². The summed E-state index contributed by atoms with van der Waals surface area (Å²) in [5, 5.41) is 5.18. The minimum atomic E-state index is 0.0191. The molecule has 2 rings (SSSR count). The maximum Gasteiger partial charge on any atom is 0.140 e. The Bertz CT molecular complexity index is 399. The number of furan rings is 1. The normalized spacial score (nSPS) is 13.0. The lowest BCUT2D eigenvalue weighted by molar-refractivity contribution is 0.457. The van der Waals surface area contributed by atoms with Crippen molar-refractivity contribution in [3.8, 4) is 0 Å². The third-order valence-electron chi connectivity index (χ3n) is 1.94. The van der Waals surface area contributed by atoms with Crippen LogP contribution in [0.1, 0.15) is 17.5 Å². The Morgan fingerprint density at radius 3 is 3.00 bits per heavy atom. The fourth-order valence-electron chi connectivity index (χ4n) is 1.29. The Balaban J connectivity index is 2.36. The summed E-state index contributed by atoms with van der Waals surface area (Å²) in [5.74, 6) is 0.860. The molecule has 0 aliphatic heterocycles. The zero-order chi connectivity index (χ0) is 9.97. The average molecular weight is 273 g/mol. The van der Waals surface area contributed by atoms with E-state index in [1.807, 2.05) is 24.0 Å². The first-order chi connectivity index (χ1) is 6.83. The summed E-state index contributed by atoms with van der Waals surface area (Å²) >= 11 is 5.01. The lowest BCUT2D eigenvalue weighted by Crippen LogP contribution is -2.17. The molecule has 0 spiro atoms. The number of rotatable bonds is 3. The second-order valence-corrected chi connectivity index (χ2v) is 4.34. The molecule has 74 valence electrons. The van der Waals surface area contributed by atoms with Crippen molar-refractivity contribution >= 4 is 27.3 Å². The van der Waals surface area contributed by atoms with Crippen LogP contribution in [0.3, 0.4) is 0 Å². The maximum atomic E-state index is 5.40. The minimum Gasteiger partial charge on any atom is -0.466 e. The number of thiazole rings is 1. The zero-order valence-electron chi connectivity index (χ0n) is 7.53. The molecule has 1 atom stereocenters. The van der Waals surface area contributed by atoms with Crippen LogP contribution in [0.4, 0.5) is 0 Å². The van der Waals surface area contributed by atoms with Gasteiger partial charge in [-0.15, -0.1) is 11.3 Å². The summed E-state index contributed by atoms with van der Waals surface area (Å²) in [6.07, 6.45) is 1.66. The van der Waals surface area contributed by atoms with Crippen LogP contribution < -0.4 is 5.32 Å². The largest absolute Gasteiger partial charge is 0.466 e. The van der Waals surface area contributed by atoms with E-state index in [0.717, 1.165) is 15.9 Å². The van der Waals surface area contributed by atoms with Crippen LogP contribution in [0.15, 0.2) is 32.1 Å². The summed E-state index contributed by atoms with van der Waals surface area (Å²) in [6, 6.07) is 1.90. The van der Waals surface area contributed by atoms with Crippen LogP contribution in [-0.4, -0.2) is 12.0 Å². The molecule has 3 nitrogen and oxygen atoms in total. The standard InChI is InChI=1S/C9H9BrN2OS/c1-11-8(7-4-14-5-12-7)9-6(10)2-3-13-9/h2-5,8,11H,1H3.